The number of nitrogens with zero attached hydrogens (tertiary/aromatic N) is 1. The van der Waals surface area contributed by atoms with Gasteiger partial charge in [0.15, 0.2) is 0 Å². The number of morpholine rings is 1. The van der Waals surface area contributed by atoms with E-state index in [0.717, 1.165) is 38.5 Å². The van der Waals surface area contributed by atoms with E-state index in [0.29, 0.717) is 25.7 Å². The summed E-state index contributed by atoms with van der Waals surface area (Å²) >= 11 is 0. The predicted molar refractivity (Wildman–Crippen MR) is 130 cm³/mol. The predicted octanol–water partition coefficient (Wildman–Crippen LogP) is 4.40. The lowest BCUT2D eigenvalue weighted by Crippen LogP contribution is -2.73. The lowest BCUT2D eigenvalue weighted by Gasteiger charge is -2.52. The van der Waals surface area contributed by atoms with Gasteiger partial charge in [0.1, 0.15) is 11.7 Å². The van der Waals surface area contributed by atoms with Gasteiger partial charge in [0, 0.05) is 6.54 Å². The van der Waals surface area contributed by atoms with E-state index < -0.39 is 17.2 Å². The van der Waals surface area contributed by atoms with Gasteiger partial charge < -0.3 is 24.4 Å². The zero-order chi connectivity index (χ0) is 24.3. The molecule has 3 aliphatic rings. The zero-order valence-corrected chi connectivity index (χ0v) is 21.0. The van der Waals surface area contributed by atoms with Crippen LogP contribution >= 0.6 is 0 Å². The molecule has 1 unspecified atom stereocenters. The van der Waals surface area contributed by atoms with Gasteiger partial charge in [-0.25, -0.2) is 4.79 Å². The van der Waals surface area contributed by atoms with Crippen LogP contribution in [0.1, 0.15) is 77.7 Å². The number of piperidine rings is 1. The second-order valence-corrected chi connectivity index (χ2v) is 11.1. The van der Waals surface area contributed by atoms with Crippen molar-refractivity contribution in [3.63, 3.8) is 0 Å². The third-order valence-corrected chi connectivity index (χ3v) is 7.43. The molecule has 188 valence electrons. The van der Waals surface area contributed by atoms with Crippen molar-refractivity contribution in [2.24, 2.45) is 0 Å². The first-order valence-corrected chi connectivity index (χ1v) is 12.8. The van der Waals surface area contributed by atoms with Crippen molar-refractivity contribution >= 4 is 12.0 Å². The number of nitrogens with one attached hydrogen (secondary N) is 1. The van der Waals surface area contributed by atoms with E-state index in [1.807, 2.05) is 20.8 Å². The topological polar surface area (TPSA) is 77.1 Å². The summed E-state index contributed by atoms with van der Waals surface area (Å²) in [5.74, 6) is 0.443. The van der Waals surface area contributed by atoms with Gasteiger partial charge in [-0.15, -0.1) is 0 Å². The molecule has 34 heavy (non-hydrogen) atoms. The molecule has 1 spiro atoms. The fourth-order valence-electron chi connectivity index (χ4n) is 5.54. The van der Waals surface area contributed by atoms with Crippen molar-refractivity contribution in [1.29, 1.82) is 0 Å². The fourth-order valence-corrected chi connectivity index (χ4v) is 5.54. The monoisotopic (exact) mass is 472 g/mol. The minimum atomic E-state index is -0.653. The molecule has 0 aromatic heterocycles. The molecule has 2 heterocycles. The molecule has 2 saturated heterocycles. The highest BCUT2D eigenvalue weighted by molar-refractivity contribution is 5.82. The Hall–Kier alpha value is -2.12. The van der Waals surface area contributed by atoms with Crippen molar-refractivity contribution in [1.82, 2.24) is 10.2 Å². The van der Waals surface area contributed by atoms with Crippen molar-refractivity contribution in [3.8, 4) is 0 Å². The minimum Gasteiger partial charge on any atom is -0.444 e. The number of rotatable bonds is 4. The number of amides is 2. The molecule has 7 nitrogen and oxygen atoms in total. The summed E-state index contributed by atoms with van der Waals surface area (Å²) in [7, 11) is 0. The number of likely N-dealkylation sites (tertiary alicyclic amines) is 1. The Morgan fingerprint density at radius 3 is 2.53 bits per heavy atom. The molecular weight excluding hydrogens is 432 g/mol. The number of hydrogen-bond donors (Lipinski definition) is 1. The van der Waals surface area contributed by atoms with Gasteiger partial charge >= 0.3 is 6.09 Å². The van der Waals surface area contributed by atoms with Crippen molar-refractivity contribution < 1.29 is 23.8 Å². The first-order valence-electron chi connectivity index (χ1n) is 12.8. The molecule has 2 amide bonds. The molecule has 1 aromatic rings. The van der Waals surface area contributed by atoms with Gasteiger partial charge in [0.2, 0.25) is 5.91 Å². The highest BCUT2D eigenvalue weighted by atomic mass is 16.6. The van der Waals surface area contributed by atoms with Crippen LogP contribution in [0.4, 0.5) is 4.79 Å². The maximum Gasteiger partial charge on any atom is 0.410 e. The SMILES string of the molecule is CC1OC[C@@]2(CCCN(C(=O)OC(C)(C)C)[C@H]2COC2CCC(c3ccccc3)CC2)NC1=O. The molecule has 3 atom stereocenters. The minimum absolute atomic E-state index is 0.134. The fraction of sp³-hybridized carbons (Fsp3) is 0.704. The maximum absolute atomic E-state index is 13.1. The lowest BCUT2D eigenvalue weighted by molar-refractivity contribution is -0.154. The Balaban J connectivity index is 1.44. The van der Waals surface area contributed by atoms with Gasteiger partial charge in [-0.05, 0) is 77.7 Å². The largest absolute Gasteiger partial charge is 0.444 e. The van der Waals surface area contributed by atoms with E-state index in [4.69, 9.17) is 14.2 Å². The Kier molecular flexibility index (Phi) is 7.53. The average molecular weight is 473 g/mol. The van der Waals surface area contributed by atoms with Crippen molar-refractivity contribution in [2.45, 2.75) is 102 Å². The van der Waals surface area contributed by atoms with Crippen LogP contribution in [0.5, 0.6) is 0 Å². The first kappa shape index (κ1) is 25.0. The van der Waals surface area contributed by atoms with Gasteiger partial charge in [-0.1, -0.05) is 30.3 Å². The van der Waals surface area contributed by atoms with Gasteiger partial charge in [0.25, 0.3) is 0 Å². The summed E-state index contributed by atoms with van der Waals surface area (Å²) < 4.78 is 18.0. The first-order chi connectivity index (χ1) is 16.2. The van der Waals surface area contributed by atoms with Crippen LogP contribution in [0, 0.1) is 0 Å². The van der Waals surface area contributed by atoms with Gasteiger partial charge in [0.05, 0.1) is 30.9 Å². The Morgan fingerprint density at radius 2 is 1.88 bits per heavy atom. The third kappa shape index (κ3) is 5.74. The molecule has 1 aromatic carbocycles. The van der Waals surface area contributed by atoms with Crippen LogP contribution < -0.4 is 5.32 Å². The van der Waals surface area contributed by atoms with E-state index in [-0.39, 0.29) is 24.1 Å². The quantitative estimate of drug-likeness (QED) is 0.703. The Morgan fingerprint density at radius 1 is 1.18 bits per heavy atom. The van der Waals surface area contributed by atoms with E-state index in [9.17, 15) is 9.59 Å². The van der Waals surface area contributed by atoms with Gasteiger partial charge in [-0.2, -0.15) is 0 Å². The molecule has 2 aliphatic heterocycles. The zero-order valence-electron chi connectivity index (χ0n) is 21.0. The second kappa shape index (κ2) is 10.2. The number of benzene rings is 1. The Labute approximate surface area is 203 Å². The van der Waals surface area contributed by atoms with Crippen LogP contribution in [-0.2, 0) is 19.0 Å². The van der Waals surface area contributed by atoms with Gasteiger partial charge in [-0.3, -0.25) is 4.79 Å². The van der Waals surface area contributed by atoms with Crippen LogP contribution in [0.15, 0.2) is 30.3 Å². The summed E-state index contributed by atoms with van der Waals surface area (Å²) in [6, 6.07) is 10.4. The summed E-state index contributed by atoms with van der Waals surface area (Å²) in [4.78, 5) is 27.5. The highest BCUT2D eigenvalue weighted by Gasteiger charge is 2.51. The number of ether oxygens (including phenoxy) is 3. The van der Waals surface area contributed by atoms with Crippen molar-refractivity contribution in [3.05, 3.63) is 35.9 Å². The third-order valence-electron chi connectivity index (χ3n) is 7.43. The molecule has 1 saturated carbocycles. The van der Waals surface area contributed by atoms with E-state index in [1.54, 1.807) is 11.8 Å². The summed E-state index contributed by atoms with van der Waals surface area (Å²) in [6.45, 7) is 8.67. The molecule has 1 N–H and O–H groups in total. The normalized spacial score (nSPS) is 32.4. The highest BCUT2D eigenvalue weighted by Crippen LogP contribution is 2.36. The number of carbonyl (C=O) groups is 2. The van der Waals surface area contributed by atoms with Crippen LogP contribution in [0.2, 0.25) is 0 Å². The molecule has 4 rings (SSSR count). The molecule has 0 bridgehead atoms. The molecule has 0 radical (unpaired) electrons. The molecular formula is C27H40N2O5. The summed E-state index contributed by atoms with van der Waals surface area (Å²) in [6.07, 6.45) is 5.00. The number of hydrogen-bond acceptors (Lipinski definition) is 5. The van der Waals surface area contributed by atoms with E-state index in [2.05, 4.69) is 35.6 Å². The molecule has 1 aliphatic carbocycles. The average Bonchev–Trinajstić information content (AvgIpc) is 2.80. The van der Waals surface area contributed by atoms with E-state index >= 15 is 0 Å². The second-order valence-electron chi connectivity index (χ2n) is 11.1. The number of carbonyl (C=O) groups excluding carboxylic acids is 2. The maximum atomic E-state index is 13.1. The van der Waals surface area contributed by atoms with Crippen LogP contribution in [0.3, 0.4) is 0 Å². The van der Waals surface area contributed by atoms with Crippen molar-refractivity contribution in [2.75, 3.05) is 19.8 Å². The molecule has 3 fully saturated rings. The lowest BCUT2D eigenvalue weighted by atomic mass is 9.80. The summed E-state index contributed by atoms with van der Waals surface area (Å²) in [5.41, 5.74) is 0.156. The Bertz CT molecular complexity index is 846. The summed E-state index contributed by atoms with van der Waals surface area (Å²) in [5, 5.41) is 3.20. The van der Waals surface area contributed by atoms with Crippen LogP contribution in [0.25, 0.3) is 0 Å². The van der Waals surface area contributed by atoms with E-state index in [1.165, 1.54) is 5.56 Å². The smallest absolute Gasteiger partial charge is 0.410 e. The molecule has 7 heteroatoms. The standard InChI is InChI=1S/C27H40N2O5/c1-19-24(30)28-27(18-33-19)15-8-16-29(25(31)34-26(2,3)4)23(27)17-32-22-13-11-21(12-14-22)20-9-6-5-7-10-20/h5-7,9-10,19,21-23H,8,11-18H2,1-4H3,(H,28,30)/t19?,21?,22?,23-,27+/m0/s1. The van der Waals surface area contributed by atoms with Crippen LogP contribution in [-0.4, -0.2) is 66.0 Å².